The summed E-state index contributed by atoms with van der Waals surface area (Å²) in [6.07, 6.45) is -10.5. The van der Waals surface area contributed by atoms with Gasteiger partial charge in [0.1, 0.15) is 70.3 Å². The predicted molar refractivity (Wildman–Crippen MR) is 363 cm³/mol. The average Bonchev–Trinajstić information content (AvgIpc) is 1.52. The minimum Gasteiger partial charge on any atom is -0.480 e. The molecule has 107 heavy (non-hydrogen) atoms. The zero-order valence-electron chi connectivity index (χ0n) is 57.7. The Kier molecular flexibility index (Phi) is 19.8. The zero-order valence-corrected chi connectivity index (χ0v) is 57.7. The average molecular weight is 1500 g/mol. The number of benzene rings is 4. The van der Waals surface area contributed by atoms with Crippen molar-refractivity contribution in [2.45, 2.75) is 159 Å². The molecule has 0 amide bonds. The number of carbonyl (C=O) groups is 2. The number of hydrogen-bond acceptors (Lipinski definition) is 13. The Hall–Kier alpha value is -10.7. The molecule has 0 spiro atoms. The van der Waals surface area contributed by atoms with Crippen molar-refractivity contribution in [2.24, 2.45) is 17.6 Å². The van der Waals surface area contributed by atoms with Gasteiger partial charge in [-0.25, -0.2) is 27.5 Å². The summed E-state index contributed by atoms with van der Waals surface area (Å²) >= 11 is 0. The molecule has 6 atom stereocenters. The van der Waals surface area contributed by atoms with Crippen LogP contribution in [0.15, 0.2) is 97.1 Å². The number of anilines is 2. The highest BCUT2D eigenvalue weighted by Crippen LogP contribution is 2.70. The van der Waals surface area contributed by atoms with Crippen molar-refractivity contribution in [3.05, 3.63) is 188 Å². The Balaban J connectivity index is 0.000000169. The zero-order chi connectivity index (χ0) is 77.7. The van der Waals surface area contributed by atoms with Gasteiger partial charge in [0.2, 0.25) is 0 Å². The number of rotatable bonds is 16. The fourth-order valence-corrected chi connectivity index (χ4v) is 14.2. The first-order chi connectivity index (χ1) is 50.0. The first-order valence-corrected chi connectivity index (χ1v) is 33.6. The number of aromatic nitrogens is 10. The monoisotopic (exact) mass is 1500 g/mol. The van der Waals surface area contributed by atoms with Gasteiger partial charge in [0.05, 0.1) is 28.5 Å². The molecule has 0 aliphatic heterocycles. The van der Waals surface area contributed by atoms with Crippen LogP contribution in [-0.2, 0) is 72.8 Å². The number of carbonyl (C=O) groups excluding carboxylic acids is 1. The molecule has 0 saturated heterocycles. The molecule has 560 valence electrons. The number of Topliss-reactive ketones (excluding diaryl/α,β-unsaturated/α-hetero) is 1. The Morgan fingerprint density at radius 1 is 0.561 bits per heavy atom. The number of alkyl halides is 10. The molecule has 9 N–H and O–H groups in total. The molecular formula is C75H67F14N13O5. The smallest absolute Gasteiger partial charge is 0.435 e. The Labute approximate surface area is 600 Å². The minimum absolute atomic E-state index is 0.0121. The van der Waals surface area contributed by atoms with Gasteiger partial charge < -0.3 is 32.5 Å². The number of hydrogen-bond donors (Lipinski definition) is 6. The largest absolute Gasteiger partial charge is 0.480 e. The number of ketones is 1. The van der Waals surface area contributed by atoms with Crippen molar-refractivity contribution in [1.29, 1.82) is 0 Å². The van der Waals surface area contributed by atoms with Gasteiger partial charge in [-0.05, 0) is 163 Å². The molecule has 6 aromatic heterocycles. The quantitative estimate of drug-likeness (QED) is 0.0388. The van der Waals surface area contributed by atoms with E-state index in [1.807, 2.05) is 42.8 Å². The Bertz CT molecular complexity index is 5290. The van der Waals surface area contributed by atoms with Crippen molar-refractivity contribution in [2.75, 3.05) is 11.5 Å². The van der Waals surface area contributed by atoms with Crippen LogP contribution in [0.3, 0.4) is 0 Å². The normalized spacial score (nSPS) is 17.8. The lowest BCUT2D eigenvalue weighted by molar-refractivity contribution is -0.143. The molecule has 2 fully saturated rings. The van der Waals surface area contributed by atoms with Crippen LogP contribution in [0.2, 0.25) is 0 Å². The first-order valence-electron chi connectivity index (χ1n) is 33.6. The fraction of sp³-hybridized carbons (Fsp3) is 0.360. The third-order valence-electron chi connectivity index (χ3n) is 18.6. The molecular weight excluding hydrogens is 1430 g/mol. The van der Waals surface area contributed by atoms with E-state index in [-0.39, 0.29) is 53.1 Å². The number of aliphatic hydroxyl groups is 2. The lowest BCUT2D eigenvalue weighted by Gasteiger charge is -2.21. The van der Waals surface area contributed by atoms with Gasteiger partial charge in [0, 0.05) is 93.5 Å². The molecule has 32 heteroatoms. The number of halogens is 14. The standard InChI is InChI=1S/C38H33F7N6O2.C27H27F2N5O.C10H7F5N2O2/c1-4-50-32-26(6-5-7-27(32)35(46)49-50)25-9-8-23(10-11-36(2,3)53)47-31(25)20(12-19-13-21(39)16-22(40)14-19)15-24(52)18-51-34-30(33(48-51)38(43,44)45)28-17-29(28)37(34,41)42;1-4-34-25-21(6-5-7-22(25)26(31)33-34)20-9-8-19(10-11-27(2,3)35)32-24(20)23(30)14-16-12-17(28)15-18(29)13-16;11-9(12)4-1-3(4)6-7(10(13,14)15)16-17(8(6)9)2-5(18)19/h5-9,13-14,16,20,28-29,53H,4,12,15,17-18H2,1-3H3,(H2,46,49);5-9,12-13,15,23,35H,4,14,30H2,1-3H3,(H2,31,33);3-4H,1-2H2,(H,18,19)/t20-,28+,29-;23-;3-,4+/m100/s1. The summed E-state index contributed by atoms with van der Waals surface area (Å²) in [7, 11) is 0. The highest BCUT2D eigenvalue weighted by atomic mass is 19.4. The van der Waals surface area contributed by atoms with Gasteiger partial charge in [-0.3, -0.25) is 28.3 Å². The van der Waals surface area contributed by atoms with Crippen molar-refractivity contribution in [3.63, 3.8) is 0 Å². The van der Waals surface area contributed by atoms with E-state index in [1.165, 1.54) is 26.0 Å². The highest BCUT2D eigenvalue weighted by molar-refractivity contribution is 6.01. The van der Waals surface area contributed by atoms with E-state index in [1.54, 1.807) is 54.9 Å². The molecule has 2 saturated carbocycles. The number of carboxylic acid groups (broad SMARTS) is 1. The molecule has 0 bridgehead atoms. The summed E-state index contributed by atoms with van der Waals surface area (Å²) in [6, 6.07) is 23.4. The third kappa shape index (κ3) is 15.5. The molecule has 14 rings (SSSR count). The molecule has 0 radical (unpaired) electrons. The van der Waals surface area contributed by atoms with Crippen LogP contribution < -0.4 is 17.2 Å². The van der Waals surface area contributed by atoms with E-state index in [9.17, 15) is 72.5 Å². The maximum atomic E-state index is 15.3. The highest BCUT2D eigenvalue weighted by Gasteiger charge is 2.69. The van der Waals surface area contributed by atoms with Crippen molar-refractivity contribution in [3.8, 4) is 45.9 Å². The topological polar surface area (TPSA) is 270 Å². The molecule has 6 heterocycles. The van der Waals surface area contributed by atoms with Gasteiger partial charge in [0.15, 0.2) is 28.8 Å². The maximum Gasteiger partial charge on any atom is 0.435 e. The number of nitrogens with two attached hydrogens (primary N) is 3. The second-order valence-electron chi connectivity index (χ2n) is 27.8. The number of pyridine rings is 2. The lowest BCUT2D eigenvalue weighted by Crippen LogP contribution is -2.24. The van der Waals surface area contributed by atoms with Gasteiger partial charge in [-0.2, -0.15) is 64.3 Å². The second-order valence-corrected chi connectivity index (χ2v) is 27.8. The van der Waals surface area contributed by atoms with E-state index in [0.29, 0.717) is 68.6 Å². The first kappa shape index (κ1) is 76.0. The number of nitrogens with zero attached hydrogens (tertiary/aromatic N) is 10. The maximum absolute atomic E-state index is 15.3. The van der Waals surface area contributed by atoms with Gasteiger partial charge >= 0.3 is 18.3 Å². The summed E-state index contributed by atoms with van der Waals surface area (Å²) in [6.45, 7) is 9.04. The summed E-state index contributed by atoms with van der Waals surface area (Å²) in [4.78, 5) is 34.0. The second kappa shape index (κ2) is 27.9. The fourth-order valence-electron chi connectivity index (χ4n) is 14.2. The SMILES string of the molecule is CCn1nc(N)c2cccc(-c3ccc(C#CC(C)(C)O)nc3[C@@H](CC(=O)Cn3nc(C(F)(F)F)c4c3C(F)(F)[C@@H]3C[C@H]43)Cc3cc(F)cc(F)c3)c21.CCn1nc(N)c2cccc(-c3ccc(C#CC(C)(C)O)nc3[C@@H](N)Cc3cc(F)cc(F)c3)c21.O=C(O)Cn1nc(C(F)(F)F)c2c1C(F)(F)[C@@H]1C[C@H]21. The number of aryl methyl sites for hydroxylation is 2. The van der Waals surface area contributed by atoms with Crippen molar-refractivity contribution < 1.29 is 86.4 Å². The molecule has 4 aromatic carbocycles. The number of fused-ring (bicyclic) bond motifs is 8. The van der Waals surface area contributed by atoms with Crippen LogP contribution in [0.25, 0.3) is 44.1 Å². The van der Waals surface area contributed by atoms with Gasteiger partial charge in [0.25, 0.3) is 11.8 Å². The van der Waals surface area contributed by atoms with E-state index in [2.05, 4.69) is 44.1 Å². The lowest BCUT2D eigenvalue weighted by atomic mass is 9.86. The van der Waals surface area contributed by atoms with Crippen LogP contribution in [0, 0.1) is 58.8 Å². The number of para-hydroxylation sites is 2. The molecule has 4 aliphatic rings. The van der Waals surface area contributed by atoms with E-state index in [4.69, 9.17) is 32.3 Å². The molecule has 10 aromatic rings. The Morgan fingerprint density at radius 2 is 0.963 bits per heavy atom. The third-order valence-corrected chi connectivity index (χ3v) is 18.6. The molecule has 0 unspecified atom stereocenters. The summed E-state index contributed by atoms with van der Waals surface area (Å²) in [5, 5.41) is 45.7. The minimum atomic E-state index is -5.02. The van der Waals surface area contributed by atoms with Crippen LogP contribution in [0.4, 0.5) is 73.1 Å². The molecule has 4 aliphatic carbocycles. The van der Waals surface area contributed by atoms with E-state index < -0.39 is 159 Å². The van der Waals surface area contributed by atoms with Gasteiger partial charge in [-0.15, -0.1) is 0 Å². The van der Waals surface area contributed by atoms with Crippen LogP contribution in [0.5, 0.6) is 0 Å². The summed E-state index contributed by atoms with van der Waals surface area (Å²) in [5.74, 6) is -5.98. The van der Waals surface area contributed by atoms with Crippen LogP contribution in [0.1, 0.15) is 152 Å². The predicted octanol–water partition coefficient (Wildman–Crippen LogP) is 14.0. The number of aliphatic carboxylic acids is 1. The van der Waals surface area contributed by atoms with Crippen LogP contribution in [-0.4, -0.2) is 87.4 Å². The van der Waals surface area contributed by atoms with E-state index >= 15 is 8.78 Å². The summed E-state index contributed by atoms with van der Waals surface area (Å²) < 4.78 is 200. The van der Waals surface area contributed by atoms with Crippen molar-refractivity contribution in [1.82, 2.24) is 49.1 Å². The molecule has 18 nitrogen and oxygen atoms in total. The number of carboxylic acids is 1. The van der Waals surface area contributed by atoms with Gasteiger partial charge in [-0.1, -0.05) is 36.1 Å². The summed E-state index contributed by atoms with van der Waals surface area (Å²) in [5.41, 5.74) is 16.6. The van der Waals surface area contributed by atoms with Crippen LogP contribution >= 0.6 is 0 Å². The number of nitrogen functional groups attached to an aromatic ring is 2. The van der Waals surface area contributed by atoms with E-state index in [0.717, 1.165) is 40.2 Å². The Morgan fingerprint density at radius 3 is 1.36 bits per heavy atom. The van der Waals surface area contributed by atoms with Crippen molar-refractivity contribution >= 4 is 45.2 Å².